The van der Waals surface area contributed by atoms with Crippen LogP contribution in [0, 0.1) is 0 Å². The van der Waals surface area contributed by atoms with Gasteiger partial charge in [0.25, 0.3) is 0 Å². The molecule has 13 heavy (non-hydrogen) atoms. The van der Waals surface area contributed by atoms with Crippen LogP contribution in [0.3, 0.4) is 0 Å². The van der Waals surface area contributed by atoms with Crippen molar-refractivity contribution < 1.29 is 5.11 Å². The van der Waals surface area contributed by atoms with Gasteiger partial charge in [-0.3, -0.25) is 0 Å². The topological polar surface area (TPSA) is 46.2 Å². The Kier molecular flexibility index (Phi) is 4.20. The van der Waals surface area contributed by atoms with Crippen LogP contribution in [-0.2, 0) is 0 Å². The van der Waals surface area contributed by atoms with Gasteiger partial charge in [0, 0.05) is 5.54 Å². The van der Waals surface area contributed by atoms with Gasteiger partial charge in [-0.05, 0) is 19.3 Å². The zero-order chi connectivity index (χ0) is 9.73. The van der Waals surface area contributed by atoms with E-state index in [-0.39, 0.29) is 11.6 Å². The quantitative estimate of drug-likeness (QED) is 0.660. The number of hydrogen-bond acceptors (Lipinski definition) is 2. The number of unbranched alkanes of at least 4 members (excludes halogenated alkanes) is 2. The van der Waals surface area contributed by atoms with E-state index in [0.29, 0.717) is 0 Å². The van der Waals surface area contributed by atoms with Crippen LogP contribution in [0.25, 0.3) is 0 Å². The van der Waals surface area contributed by atoms with E-state index < -0.39 is 0 Å². The molecule has 1 aliphatic carbocycles. The van der Waals surface area contributed by atoms with E-state index in [4.69, 9.17) is 5.73 Å². The van der Waals surface area contributed by atoms with Crippen LogP contribution < -0.4 is 5.73 Å². The minimum atomic E-state index is -0.257. The lowest BCUT2D eigenvalue weighted by atomic mass is 9.77. The van der Waals surface area contributed by atoms with Gasteiger partial charge < -0.3 is 10.8 Å². The Morgan fingerprint density at radius 3 is 2.77 bits per heavy atom. The van der Waals surface area contributed by atoms with Gasteiger partial charge in [-0.2, -0.15) is 0 Å². The Labute approximate surface area is 81.5 Å². The molecule has 1 rings (SSSR count). The van der Waals surface area contributed by atoms with Gasteiger partial charge in [-0.1, -0.05) is 39.0 Å². The predicted octanol–water partition coefficient (Wildman–Crippen LogP) is 2.20. The molecular weight excluding hydrogens is 162 g/mol. The maximum atomic E-state index is 9.80. The Morgan fingerprint density at radius 2 is 2.15 bits per heavy atom. The molecule has 0 aromatic heterocycles. The van der Waals surface area contributed by atoms with Crippen molar-refractivity contribution in [3.8, 4) is 0 Å². The van der Waals surface area contributed by atoms with Crippen molar-refractivity contribution >= 4 is 0 Å². The molecule has 0 heterocycles. The number of nitrogens with two attached hydrogens (primary N) is 1. The molecule has 2 heteroatoms. The highest BCUT2D eigenvalue weighted by molar-refractivity contribution is 4.94. The summed E-state index contributed by atoms with van der Waals surface area (Å²) in [5, 5.41) is 9.80. The van der Waals surface area contributed by atoms with E-state index in [9.17, 15) is 5.11 Å². The summed E-state index contributed by atoms with van der Waals surface area (Å²) < 4.78 is 0. The summed E-state index contributed by atoms with van der Waals surface area (Å²) in [6.07, 6.45) is 8.65. The third kappa shape index (κ3) is 2.96. The Morgan fingerprint density at radius 1 is 1.38 bits per heavy atom. The molecule has 0 radical (unpaired) electrons. The maximum Gasteiger partial charge on any atom is 0.0719 e. The molecule has 0 aromatic rings. The van der Waals surface area contributed by atoms with Gasteiger partial charge >= 0.3 is 0 Å². The molecule has 0 spiro atoms. The molecule has 0 saturated heterocycles. The third-order valence-corrected chi connectivity index (χ3v) is 3.28. The second-order valence-corrected chi connectivity index (χ2v) is 4.45. The van der Waals surface area contributed by atoms with Gasteiger partial charge in [0.2, 0.25) is 0 Å². The minimum Gasteiger partial charge on any atom is -0.391 e. The Bertz CT molecular complexity index is 149. The van der Waals surface area contributed by atoms with Gasteiger partial charge in [-0.15, -0.1) is 0 Å². The molecule has 2 atom stereocenters. The van der Waals surface area contributed by atoms with Crippen molar-refractivity contribution in [2.24, 2.45) is 5.73 Å². The van der Waals surface area contributed by atoms with Gasteiger partial charge in [0.05, 0.1) is 6.10 Å². The highest BCUT2D eigenvalue weighted by Crippen LogP contribution is 2.30. The van der Waals surface area contributed by atoms with Crippen LogP contribution in [-0.4, -0.2) is 16.7 Å². The first-order valence-corrected chi connectivity index (χ1v) is 5.66. The van der Waals surface area contributed by atoms with Gasteiger partial charge in [0.1, 0.15) is 0 Å². The fourth-order valence-electron chi connectivity index (χ4n) is 2.24. The molecule has 0 aromatic carbocycles. The Balaban J connectivity index is 2.33. The van der Waals surface area contributed by atoms with Crippen LogP contribution in [0.15, 0.2) is 0 Å². The molecular formula is C11H23NO. The lowest BCUT2D eigenvalue weighted by molar-refractivity contribution is 0.0404. The monoisotopic (exact) mass is 185 g/mol. The average molecular weight is 185 g/mol. The molecule has 2 nitrogen and oxygen atoms in total. The smallest absolute Gasteiger partial charge is 0.0719 e. The van der Waals surface area contributed by atoms with E-state index in [1.165, 1.54) is 25.7 Å². The van der Waals surface area contributed by atoms with E-state index in [2.05, 4.69) is 6.92 Å². The number of aliphatic hydroxyl groups is 1. The molecule has 3 N–H and O–H groups in total. The van der Waals surface area contributed by atoms with Crippen molar-refractivity contribution in [2.45, 2.75) is 69.9 Å². The summed E-state index contributed by atoms with van der Waals surface area (Å²) >= 11 is 0. The first-order chi connectivity index (χ1) is 6.19. The van der Waals surface area contributed by atoms with E-state index in [1.54, 1.807) is 0 Å². The second-order valence-electron chi connectivity index (χ2n) is 4.45. The predicted molar refractivity (Wildman–Crippen MR) is 55.5 cm³/mol. The summed E-state index contributed by atoms with van der Waals surface area (Å²) in [7, 11) is 0. The van der Waals surface area contributed by atoms with Crippen molar-refractivity contribution in [1.82, 2.24) is 0 Å². The minimum absolute atomic E-state index is 0.252. The molecule has 2 unspecified atom stereocenters. The SMILES string of the molecule is CCCCCC1(N)CCCCC1O. The molecule has 0 bridgehead atoms. The molecule has 1 aliphatic rings. The molecule has 1 fully saturated rings. The summed E-state index contributed by atoms with van der Waals surface area (Å²) in [6.45, 7) is 2.19. The fraction of sp³-hybridized carbons (Fsp3) is 1.00. The third-order valence-electron chi connectivity index (χ3n) is 3.28. The summed E-state index contributed by atoms with van der Waals surface area (Å²) in [5.74, 6) is 0. The molecule has 0 amide bonds. The van der Waals surface area contributed by atoms with Crippen molar-refractivity contribution in [1.29, 1.82) is 0 Å². The van der Waals surface area contributed by atoms with Crippen molar-refractivity contribution in [3.63, 3.8) is 0 Å². The largest absolute Gasteiger partial charge is 0.391 e. The lowest BCUT2D eigenvalue weighted by Crippen LogP contribution is -2.52. The maximum absolute atomic E-state index is 9.80. The van der Waals surface area contributed by atoms with Crippen LogP contribution in [0.1, 0.15) is 58.3 Å². The summed E-state index contributed by atoms with van der Waals surface area (Å²) in [6, 6.07) is 0. The normalized spacial score (nSPS) is 34.8. The molecule has 1 saturated carbocycles. The number of hydrogen-bond donors (Lipinski definition) is 2. The van der Waals surface area contributed by atoms with E-state index in [1.807, 2.05) is 0 Å². The van der Waals surface area contributed by atoms with Crippen molar-refractivity contribution in [2.75, 3.05) is 0 Å². The first-order valence-electron chi connectivity index (χ1n) is 5.66. The second kappa shape index (κ2) is 4.97. The van der Waals surface area contributed by atoms with Crippen LogP contribution in [0.4, 0.5) is 0 Å². The Hall–Kier alpha value is -0.0800. The first kappa shape index (κ1) is 11.0. The number of aliphatic hydroxyl groups excluding tert-OH is 1. The van der Waals surface area contributed by atoms with Crippen molar-refractivity contribution in [3.05, 3.63) is 0 Å². The van der Waals surface area contributed by atoms with Gasteiger partial charge in [0.15, 0.2) is 0 Å². The highest BCUT2D eigenvalue weighted by atomic mass is 16.3. The lowest BCUT2D eigenvalue weighted by Gasteiger charge is -2.38. The standard InChI is InChI=1S/C11H23NO/c1-2-3-5-8-11(12)9-6-4-7-10(11)13/h10,13H,2-9,12H2,1H3. The zero-order valence-electron chi connectivity index (χ0n) is 8.76. The molecule has 78 valence electrons. The van der Waals surface area contributed by atoms with Gasteiger partial charge in [-0.25, -0.2) is 0 Å². The van der Waals surface area contributed by atoms with Crippen LogP contribution in [0.5, 0.6) is 0 Å². The fourth-order valence-corrected chi connectivity index (χ4v) is 2.24. The van der Waals surface area contributed by atoms with Crippen LogP contribution in [0.2, 0.25) is 0 Å². The van der Waals surface area contributed by atoms with E-state index >= 15 is 0 Å². The zero-order valence-corrected chi connectivity index (χ0v) is 8.76. The highest BCUT2D eigenvalue weighted by Gasteiger charge is 2.34. The average Bonchev–Trinajstić information content (AvgIpc) is 2.11. The van der Waals surface area contributed by atoms with Crippen LogP contribution >= 0.6 is 0 Å². The summed E-state index contributed by atoms with van der Waals surface area (Å²) in [4.78, 5) is 0. The molecule has 0 aliphatic heterocycles. The summed E-state index contributed by atoms with van der Waals surface area (Å²) in [5.41, 5.74) is 5.94. The van der Waals surface area contributed by atoms with E-state index in [0.717, 1.165) is 25.7 Å². The number of rotatable bonds is 4.